The van der Waals surface area contributed by atoms with Gasteiger partial charge in [0.1, 0.15) is 32.6 Å². The van der Waals surface area contributed by atoms with Crippen LogP contribution in [0.1, 0.15) is 142 Å². The molecular formula is C41H54Al2B2O4. The molecule has 0 bridgehead atoms. The van der Waals surface area contributed by atoms with Gasteiger partial charge in [0, 0.05) is 5.92 Å². The number of allylic oxidation sites excluding steroid dienone is 4. The molecule has 2 heterocycles. The van der Waals surface area contributed by atoms with Gasteiger partial charge < -0.3 is 18.6 Å². The van der Waals surface area contributed by atoms with Gasteiger partial charge in [0.2, 0.25) is 0 Å². The summed E-state index contributed by atoms with van der Waals surface area (Å²) in [5.41, 5.74) is 9.10. The van der Waals surface area contributed by atoms with Crippen molar-refractivity contribution in [3.8, 4) is 11.1 Å². The minimum Gasteiger partial charge on any atom is -0.399 e. The summed E-state index contributed by atoms with van der Waals surface area (Å²) in [4.78, 5) is 0. The highest BCUT2D eigenvalue weighted by molar-refractivity contribution is 6.62. The van der Waals surface area contributed by atoms with Gasteiger partial charge in [-0.2, -0.15) is 0 Å². The van der Waals surface area contributed by atoms with E-state index in [2.05, 4.69) is 150 Å². The summed E-state index contributed by atoms with van der Waals surface area (Å²) < 4.78 is 25.8. The molecule has 7 rings (SSSR count). The zero-order valence-electron chi connectivity index (χ0n) is 31.7. The van der Waals surface area contributed by atoms with Crippen molar-refractivity contribution >= 4 is 52.3 Å². The van der Waals surface area contributed by atoms with E-state index in [1.54, 1.807) is 0 Å². The molecule has 0 N–H and O–H groups in total. The largest absolute Gasteiger partial charge is 0.494 e. The monoisotopic (exact) mass is 686 g/mol. The Morgan fingerprint density at radius 3 is 1.86 bits per heavy atom. The van der Waals surface area contributed by atoms with E-state index >= 15 is 0 Å². The standard InChI is InChI=1S/C41H54B2O4.2Al/c1-11-12-13-14-15-16-21-41(10)35-25-30(43-46-39(6,7)40(8,9)47-43)18-20-32(35)34-24-28-22-27-23-29(17-19-31(27)33(28)26-36(34)41)42-44-37(2,3)38(4,5)45-42;;/h17-20,23-26,32,35H,11-16,21H2,1-10H3;;. The highest BCUT2D eigenvalue weighted by Crippen LogP contribution is 2.59. The minimum absolute atomic E-state index is 0.00918. The van der Waals surface area contributed by atoms with Gasteiger partial charge in [0.05, 0.1) is 22.4 Å². The van der Waals surface area contributed by atoms with Crippen LogP contribution in [0, 0.1) is 5.92 Å². The van der Waals surface area contributed by atoms with Crippen LogP contribution in [0.25, 0.3) is 11.1 Å². The molecule has 3 unspecified atom stereocenters. The van der Waals surface area contributed by atoms with Crippen molar-refractivity contribution in [1.29, 1.82) is 0 Å². The second-order valence-corrected chi connectivity index (χ2v) is 20.3. The molecule has 2 fully saturated rings. The van der Waals surface area contributed by atoms with Crippen LogP contribution >= 0.6 is 0 Å². The first-order chi connectivity index (χ1) is 22.8. The Kier molecular flexibility index (Phi) is 9.08. The first-order valence-corrected chi connectivity index (χ1v) is 20.0. The topological polar surface area (TPSA) is 36.9 Å². The van der Waals surface area contributed by atoms with Gasteiger partial charge in [-0.3, -0.25) is 0 Å². The lowest BCUT2D eigenvalue weighted by Crippen LogP contribution is -2.41. The van der Waals surface area contributed by atoms with Gasteiger partial charge in [-0.1, -0.05) is 112 Å². The second kappa shape index (κ2) is 12.3. The minimum atomic E-state index is -0.381. The Balaban J connectivity index is 1.26. The van der Waals surface area contributed by atoms with Crippen LogP contribution in [-0.2, 0) is 27.2 Å². The third kappa shape index (κ3) is 5.80. The fourth-order valence-electron chi connectivity index (χ4n) is 8.83. The lowest BCUT2D eigenvalue weighted by Gasteiger charge is -2.35. The van der Waals surface area contributed by atoms with Crippen molar-refractivity contribution in [3.05, 3.63) is 76.3 Å². The fraction of sp³-hybridized carbons (Fsp3) is 0.610. The number of benzene rings is 2. The van der Waals surface area contributed by atoms with Gasteiger partial charge in [-0.25, -0.2) is 0 Å². The molecule has 2 saturated heterocycles. The van der Waals surface area contributed by atoms with E-state index in [-0.39, 0.29) is 45.2 Å². The normalized spacial score (nSPS) is 29.1. The van der Waals surface area contributed by atoms with Crippen LogP contribution in [0.15, 0.2) is 54.0 Å². The second-order valence-electron chi connectivity index (χ2n) is 17.8. The Morgan fingerprint density at radius 2 is 1.22 bits per heavy atom. The first kappa shape index (κ1) is 36.3. The third-order valence-corrected chi connectivity index (χ3v) is 14.7. The van der Waals surface area contributed by atoms with Crippen molar-refractivity contribution in [1.82, 2.24) is 0 Å². The summed E-state index contributed by atoms with van der Waals surface area (Å²) in [6.45, 7) is 21.9. The molecule has 2 aromatic rings. The van der Waals surface area contributed by atoms with Crippen molar-refractivity contribution in [3.63, 3.8) is 0 Å². The fourth-order valence-corrected chi connectivity index (χ4v) is 9.79. The van der Waals surface area contributed by atoms with Gasteiger partial charge in [0.25, 0.3) is 0 Å². The quantitative estimate of drug-likeness (QED) is 0.196. The molecule has 0 spiro atoms. The zero-order chi connectivity index (χ0) is 35.4. The molecule has 5 aliphatic rings. The molecule has 254 valence electrons. The van der Waals surface area contributed by atoms with Crippen molar-refractivity contribution in [2.24, 2.45) is 5.92 Å². The Bertz CT molecular complexity index is 1680. The number of hydrogen-bond acceptors (Lipinski definition) is 4. The molecule has 3 aliphatic carbocycles. The van der Waals surface area contributed by atoms with E-state index in [1.165, 1.54) is 83.8 Å². The predicted molar refractivity (Wildman–Crippen MR) is 205 cm³/mol. The molecule has 49 heavy (non-hydrogen) atoms. The summed E-state index contributed by atoms with van der Waals surface area (Å²) in [5.74, 6) is 0.680. The summed E-state index contributed by atoms with van der Waals surface area (Å²) in [7, 11) is -0.723. The number of unbranched alkanes of at least 4 members (excludes halogenated alkanes) is 5. The number of fused-ring (bicyclic) bond motifs is 6. The molecule has 0 saturated carbocycles. The molecule has 4 nitrogen and oxygen atoms in total. The molecule has 2 aliphatic heterocycles. The smallest absolute Gasteiger partial charge is 0.399 e. The van der Waals surface area contributed by atoms with Gasteiger partial charge in [-0.15, -0.1) is 3.14 Å². The Morgan fingerprint density at radius 1 is 0.653 bits per heavy atom. The Labute approximate surface area is 313 Å². The lowest BCUT2D eigenvalue weighted by molar-refractivity contribution is 0.00578. The average Bonchev–Trinajstić information content (AvgIpc) is 3.59. The van der Waals surface area contributed by atoms with Crippen molar-refractivity contribution < 1.29 is 18.6 Å². The molecule has 0 aromatic heterocycles. The first-order valence-electron chi connectivity index (χ1n) is 18.9. The summed E-state index contributed by atoms with van der Waals surface area (Å²) in [6.07, 6.45) is 16.3. The van der Waals surface area contributed by atoms with Crippen molar-refractivity contribution in [2.75, 3.05) is 0 Å². The SMILES string of the molecule is CCCCCCCCC1(C)c2cc3c(cc2C2C=CC(B4OC(C)(C)C(C)(C)O4)=CC21)[C]([Al])([Al])c1cc(B2OC(C)(C)C(C)(C)O2)ccc1-3. The molecule has 2 aromatic carbocycles. The van der Waals surface area contributed by atoms with E-state index in [4.69, 9.17) is 18.6 Å². The van der Waals surface area contributed by atoms with Crippen LogP contribution in [0.5, 0.6) is 0 Å². The van der Waals surface area contributed by atoms with Crippen LogP contribution in [0.4, 0.5) is 0 Å². The van der Waals surface area contributed by atoms with Crippen LogP contribution < -0.4 is 5.46 Å². The number of rotatable bonds is 9. The van der Waals surface area contributed by atoms with E-state index in [0.29, 0.717) is 11.8 Å². The summed E-state index contributed by atoms with van der Waals surface area (Å²) in [5, 5.41) is 0. The number of hydrogen-bond donors (Lipinski definition) is 0. The third-order valence-electron chi connectivity index (χ3n) is 13.5. The maximum absolute atomic E-state index is 6.57. The summed E-state index contributed by atoms with van der Waals surface area (Å²) in [6, 6.07) is 12.0. The van der Waals surface area contributed by atoms with Gasteiger partial charge >= 0.3 is 14.2 Å². The maximum atomic E-state index is 6.57. The zero-order valence-corrected chi connectivity index (χ0v) is 34.0. The molecule has 3 atom stereocenters. The van der Waals surface area contributed by atoms with E-state index < -0.39 is 0 Å². The molecule has 0 amide bonds. The van der Waals surface area contributed by atoms with Crippen molar-refractivity contribution in [2.45, 2.75) is 151 Å². The highest BCUT2D eigenvalue weighted by Gasteiger charge is 2.55. The average molecular weight is 686 g/mol. The van der Waals surface area contributed by atoms with Crippen LogP contribution in [-0.4, -0.2) is 69.2 Å². The van der Waals surface area contributed by atoms with Gasteiger partial charge in [0.15, 0.2) is 0 Å². The Hall–Kier alpha value is -1.05. The molecular weight excluding hydrogens is 632 g/mol. The maximum Gasteiger partial charge on any atom is 0.494 e. The molecule has 8 heteroatoms. The predicted octanol–water partition coefficient (Wildman–Crippen LogP) is 8.35. The summed E-state index contributed by atoms with van der Waals surface area (Å²) >= 11 is 6.37. The van der Waals surface area contributed by atoms with Crippen LogP contribution in [0.3, 0.4) is 0 Å². The van der Waals surface area contributed by atoms with E-state index in [0.717, 1.165) is 5.46 Å². The lowest BCUT2D eigenvalue weighted by atomic mass is 9.65. The molecule has 4 radical (unpaired) electrons. The van der Waals surface area contributed by atoms with Gasteiger partial charge in [-0.05, 0) is 106 Å². The highest BCUT2D eigenvalue weighted by atomic mass is 27.1. The van der Waals surface area contributed by atoms with E-state index in [9.17, 15) is 0 Å². The van der Waals surface area contributed by atoms with E-state index in [1.807, 2.05) is 0 Å². The van der Waals surface area contributed by atoms with Crippen LogP contribution in [0.2, 0.25) is 0 Å².